The van der Waals surface area contributed by atoms with Crippen LogP contribution in [0, 0.1) is 0 Å². The Kier molecular flexibility index (Phi) is 3.76. The maximum atomic E-state index is 3.61. The third-order valence-electron chi connectivity index (χ3n) is 0.149. The van der Waals surface area contributed by atoms with Crippen LogP contribution in [-0.2, 0) is 0 Å². The van der Waals surface area contributed by atoms with Crippen LogP contribution in [0.3, 0.4) is 0 Å². The minimum absolute atomic E-state index is 1.33. The lowest BCUT2D eigenvalue weighted by Crippen LogP contribution is -1.60. The van der Waals surface area contributed by atoms with Crippen molar-refractivity contribution in [3.05, 3.63) is 6.58 Å². The average molecular weight is 83.9 g/mol. The lowest BCUT2D eigenvalue weighted by molar-refractivity contribution is 1.97. The Morgan fingerprint density at radius 2 is 2.60 bits per heavy atom. The van der Waals surface area contributed by atoms with Crippen molar-refractivity contribution in [3.63, 3.8) is 0 Å². The number of thiol groups is 1. The van der Waals surface area contributed by atoms with Gasteiger partial charge in [-0.25, -0.2) is 12.5 Å². The molecule has 0 unspecified atom stereocenters. The summed E-state index contributed by atoms with van der Waals surface area (Å²) in [6.45, 7) is 4.50. The fourth-order valence-corrected chi connectivity index (χ4v) is 0.122. The fraction of sp³-hybridized carbons (Fsp3) is 0. The predicted molar refractivity (Wildman–Crippen MR) is 27.8 cm³/mol. The Balaban J connectivity index is 2.93. The van der Waals surface area contributed by atoms with Crippen LogP contribution in [0.5, 0.6) is 0 Å². The first-order chi connectivity index (χ1) is 2.41. The Hall–Kier alpha value is -0.135. The molecule has 25 valence electrons. The van der Waals surface area contributed by atoms with E-state index in [4.69, 9.17) is 0 Å². The highest BCUT2D eigenvalue weighted by Gasteiger charge is 1.59. The Labute approximate surface area is 37.4 Å². The zero-order valence-corrected chi connectivity index (χ0v) is 3.57. The molecule has 3 heteroatoms. The summed E-state index contributed by atoms with van der Waals surface area (Å²) in [7, 11) is 0. The lowest BCUT2D eigenvalue weighted by Gasteiger charge is -1.56. The van der Waals surface area contributed by atoms with E-state index >= 15 is 0 Å². The van der Waals surface area contributed by atoms with Gasteiger partial charge in [-0.1, -0.05) is 0 Å². The van der Waals surface area contributed by atoms with Crippen molar-refractivity contribution in [2.75, 3.05) is 0 Å². The van der Waals surface area contributed by atoms with Gasteiger partial charge in [-0.3, -0.25) is 4.90 Å². The minimum Gasteiger partial charge on any atom is -0.295 e. The molecule has 0 amide bonds. The smallest absolute Gasteiger partial charge is 0.295 e. The van der Waals surface area contributed by atoms with Crippen LogP contribution in [0.15, 0.2) is 11.5 Å². The summed E-state index contributed by atoms with van der Waals surface area (Å²) in [5.74, 6) is 2.26. The van der Waals surface area contributed by atoms with Crippen molar-refractivity contribution in [3.8, 4) is 0 Å². The predicted octanol–water partition coefficient (Wildman–Crippen LogP) is 0.306. The van der Waals surface area contributed by atoms with Crippen LogP contribution in [0.2, 0.25) is 0 Å². The fourth-order valence-electron chi connectivity index (χ4n) is 0.0408. The molecular weight excluding hydrogens is 80.9 g/mol. The number of hydrogen-bond donors (Lipinski definition) is 1. The molecule has 0 atom stereocenters. The number of hydrogen-bond acceptors (Lipinski definition) is 2. The zero-order valence-electron chi connectivity index (χ0n) is 2.68. The van der Waals surface area contributed by atoms with Crippen molar-refractivity contribution in [1.82, 2.24) is 0 Å². The van der Waals surface area contributed by atoms with Gasteiger partial charge < -0.3 is 0 Å². The molecule has 0 saturated heterocycles. The van der Waals surface area contributed by atoms with E-state index in [0.29, 0.717) is 0 Å². The molecule has 0 aromatic carbocycles. The molecule has 0 aliphatic rings. The third-order valence-corrected chi connectivity index (χ3v) is 0.264. The maximum Gasteiger partial charge on any atom is 0.360 e. The van der Waals surface area contributed by atoms with Gasteiger partial charge >= 0.3 is 6.69 Å². The quantitative estimate of drug-likeness (QED) is 0.266. The van der Waals surface area contributed by atoms with Crippen LogP contribution in [-0.4, -0.2) is 12.6 Å². The van der Waals surface area contributed by atoms with Crippen LogP contribution in [0.1, 0.15) is 0 Å². The molecule has 0 heterocycles. The Bertz CT molecular complexity index is 56.7. The second kappa shape index (κ2) is 3.86. The van der Waals surface area contributed by atoms with Crippen molar-refractivity contribution in [2.45, 2.75) is 0 Å². The largest absolute Gasteiger partial charge is 0.360 e. The molecule has 0 saturated carbocycles. The van der Waals surface area contributed by atoms with E-state index in [1.165, 1.54) is 6.69 Å². The van der Waals surface area contributed by atoms with E-state index in [2.05, 4.69) is 29.8 Å². The molecule has 1 nitrogen and oxygen atoms in total. The standard InChI is InChI=1S/C2H3BNS/c1-2-4-3-5/h5H,1H2. The monoisotopic (exact) mass is 84.0 g/mol. The van der Waals surface area contributed by atoms with Crippen molar-refractivity contribution >= 4 is 25.0 Å². The summed E-state index contributed by atoms with van der Waals surface area (Å²) in [5, 5.41) is 0. The van der Waals surface area contributed by atoms with Gasteiger partial charge in [0.05, 0.1) is 0 Å². The van der Waals surface area contributed by atoms with E-state index in [1.54, 1.807) is 0 Å². The normalized spacial score (nSPS) is 5.00. The second-order valence-electron chi connectivity index (χ2n) is 0.403. The van der Waals surface area contributed by atoms with E-state index in [-0.39, 0.29) is 0 Å². The molecule has 1 radical (unpaired) electrons. The highest BCUT2D eigenvalue weighted by molar-refractivity contribution is 8.06. The van der Waals surface area contributed by atoms with Crippen molar-refractivity contribution in [1.29, 1.82) is 0 Å². The lowest BCUT2D eigenvalue weighted by atomic mass is 10.4. The first kappa shape index (κ1) is 4.86. The highest BCUT2D eigenvalue weighted by atomic mass is 32.1. The van der Waals surface area contributed by atoms with Gasteiger partial charge in [0.1, 0.15) is 0 Å². The first-order valence-corrected chi connectivity index (χ1v) is 1.61. The second-order valence-corrected chi connectivity index (χ2v) is 0.634. The van der Waals surface area contributed by atoms with Crippen LogP contribution in [0.25, 0.3) is 0 Å². The van der Waals surface area contributed by atoms with Gasteiger partial charge in [-0.2, -0.15) is 0 Å². The SMILES string of the molecule is C=C=N[B]S. The summed E-state index contributed by atoms with van der Waals surface area (Å²) in [6.07, 6.45) is 0. The molecule has 0 N–H and O–H groups in total. The Morgan fingerprint density at radius 1 is 2.00 bits per heavy atom. The van der Waals surface area contributed by atoms with E-state index in [0.717, 1.165) is 0 Å². The summed E-state index contributed by atoms with van der Waals surface area (Å²) in [6, 6.07) is 0. The minimum atomic E-state index is 1.33. The summed E-state index contributed by atoms with van der Waals surface area (Å²) >= 11 is 3.61. The molecule has 0 bridgehead atoms. The number of nitrogens with zero attached hydrogens (tertiary/aromatic N) is 1. The Morgan fingerprint density at radius 3 is 2.60 bits per heavy atom. The van der Waals surface area contributed by atoms with Crippen LogP contribution < -0.4 is 0 Å². The van der Waals surface area contributed by atoms with Gasteiger partial charge in [-0.05, 0) is 12.4 Å². The maximum absolute atomic E-state index is 3.61. The van der Waals surface area contributed by atoms with E-state index in [9.17, 15) is 0 Å². The molecule has 0 aromatic heterocycles. The van der Waals surface area contributed by atoms with Gasteiger partial charge in [0.15, 0.2) is 0 Å². The molecule has 5 heavy (non-hydrogen) atoms. The average Bonchev–Trinajstić information content (AvgIpc) is 1.41. The van der Waals surface area contributed by atoms with Gasteiger partial charge in [0.25, 0.3) is 0 Å². The number of rotatable bonds is 1. The topological polar surface area (TPSA) is 12.4 Å². The molecule has 0 aliphatic heterocycles. The molecule has 0 rings (SSSR count). The van der Waals surface area contributed by atoms with Crippen molar-refractivity contribution in [2.24, 2.45) is 4.90 Å². The van der Waals surface area contributed by atoms with Crippen LogP contribution >= 0.6 is 12.5 Å². The van der Waals surface area contributed by atoms with Crippen LogP contribution in [0.4, 0.5) is 0 Å². The van der Waals surface area contributed by atoms with Gasteiger partial charge in [0.2, 0.25) is 0 Å². The summed E-state index contributed by atoms with van der Waals surface area (Å²) < 4.78 is 0. The molecule has 0 aliphatic carbocycles. The van der Waals surface area contributed by atoms with Crippen molar-refractivity contribution < 1.29 is 0 Å². The molecular formula is C2H3BNS. The summed E-state index contributed by atoms with van der Waals surface area (Å²) in [4.78, 5) is 3.35. The highest BCUT2D eigenvalue weighted by Crippen LogP contribution is 1.60. The van der Waals surface area contributed by atoms with E-state index in [1.807, 2.05) is 0 Å². The summed E-state index contributed by atoms with van der Waals surface area (Å²) in [5.41, 5.74) is 0. The van der Waals surface area contributed by atoms with Gasteiger partial charge in [-0.15, -0.1) is 0 Å². The van der Waals surface area contributed by atoms with E-state index < -0.39 is 0 Å². The molecule has 0 aromatic rings. The third kappa shape index (κ3) is 3.86. The molecule has 0 fully saturated rings. The first-order valence-electron chi connectivity index (χ1n) is 1.09. The zero-order chi connectivity index (χ0) is 4.12. The molecule has 0 spiro atoms. The van der Waals surface area contributed by atoms with Gasteiger partial charge in [0, 0.05) is 0 Å².